The molecule has 0 saturated carbocycles. The summed E-state index contributed by atoms with van der Waals surface area (Å²) in [5, 5.41) is 8.54. The van der Waals surface area contributed by atoms with Crippen molar-refractivity contribution in [2.24, 2.45) is 7.05 Å². The van der Waals surface area contributed by atoms with Crippen molar-refractivity contribution in [2.75, 3.05) is 5.73 Å². The second-order valence-corrected chi connectivity index (χ2v) is 3.85. The molecule has 0 radical (unpaired) electrons. The fraction of sp³-hybridized carbons (Fsp3) is 0.400. The number of hydrogen-bond donors (Lipinski definition) is 1. The molecule has 15 heavy (non-hydrogen) atoms. The third-order valence-electron chi connectivity index (χ3n) is 2.35. The maximum atomic E-state index is 5.91. The van der Waals surface area contributed by atoms with E-state index in [1.165, 1.54) is 0 Å². The van der Waals surface area contributed by atoms with Crippen LogP contribution in [0.5, 0.6) is 0 Å². The van der Waals surface area contributed by atoms with E-state index in [1.54, 1.807) is 10.9 Å². The molecule has 2 aromatic rings. The third kappa shape index (κ3) is 1.60. The second-order valence-electron chi connectivity index (χ2n) is 3.85. The van der Waals surface area contributed by atoms with Gasteiger partial charge in [0, 0.05) is 25.5 Å². The van der Waals surface area contributed by atoms with Gasteiger partial charge in [-0.15, -0.1) is 0 Å². The number of aromatic nitrogens is 4. The number of hydrogen-bond acceptors (Lipinski definition) is 3. The van der Waals surface area contributed by atoms with E-state index in [1.807, 2.05) is 24.0 Å². The van der Waals surface area contributed by atoms with Crippen LogP contribution in [0.4, 0.5) is 5.69 Å². The molecule has 0 aliphatic heterocycles. The van der Waals surface area contributed by atoms with E-state index in [-0.39, 0.29) is 0 Å². The Morgan fingerprint density at radius 2 is 2.13 bits per heavy atom. The highest BCUT2D eigenvalue weighted by Crippen LogP contribution is 2.24. The Labute approximate surface area is 88.5 Å². The van der Waals surface area contributed by atoms with Crippen molar-refractivity contribution in [2.45, 2.75) is 19.9 Å². The summed E-state index contributed by atoms with van der Waals surface area (Å²) in [6.45, 7) is 4.14. The van der Waals surface area contributed by atoms with Gasteiger partial charge in [-0.3, -0.25) is 9.36 Å². The summed E-state index contributed by atoms with van der Waals surface area (Å²) < 4.78 is 3.63. The minimum atomic E-state index is 0.314. The van der Waals surface area contributed by atoms with Gasteiger partial charge in [0.05, 0.1) is 11.4 Å². The van der Waals surface area contributed by atoms with Crippen molar-refractivity contribution < 1.29 is 0 Å². The summed E-state index contributed by atoms with van der Waals surface area (Å²) in [6.07, 6.45) is 3.59. The van der Waals surface area contributed by atoms with E-state index in [2.05, 4.69) is 24.0 Å². The largest absolute Gasteiger partial charge is 0.396 e. The molecule has 5 nitrogen and oxygen atoms in total. The van der Waals surface area contributed by atoms with Crippen molar-refractivity contribution >= 4 is 5.69 Å². The number of anilines is 1. The lowest BCUT2D eigenvalue weighted by Gasteiger charge is -2.03. The molecule has 2 N–H and O–H groups in total. The van der Waals surface area contributed by atoms with Gasteiger partial charge in [0.25, 0.3) is 0 Å². The second kappa shape index (κ2) is 3.42. The van der Waals surface area contributed by atoms with Crippen LogP contribution >= 0.6 is 0 Å². The van der Waals surface area contributed by atoms with Crippen LogP contribution in [0.2, 0.25) is 0 Å². The molecule has 0 aliphatic rings. The molecule has 0 aliphatic carbocycles. The average molecular weight is 205 g/mol. The molecule has 2 rings (SSSR count). The van der Waals surface area contributed by atoms with Crippen LogP contribution in [-0.2, 0) is 7.05 Å². The molecule has 5 heteroatoms. The summed E-state index contributed by atoms with van der Waals surface area (Å²) in [5.74, 6) is 0. The molecule has 2 aromatic heterocycles. The molecule has 80 valence electrons. The zero-order chi connectivity index (χ0) is 11.0. The molecule has 0 unspecified atom stereocenters. The lowest BCUT2D eigenvalue weighted by Crippen LogP contribution is -2.01. The lowest BCUT2D eigenvalue weighted by molar-refractivity contribution is 0.533. The quantitative estimate of drug-likeness (QED) is 0.807. The number of nitrogens with two attached hydrogens (primary N) is 1. The highest BCUT2D eigenvalue weighted by Gasteiger charge is 2.12. The zero-order valence-electron chi connectivity index (χ0n) is 9.18. The normalized spacial score (nSPS) is 11.2. The van der Waals surface area contributed by atoms with Gasteiger partial charge in [0.15, 0.2) is 0 Å². The van der Waals surface area contributed by atoms with Crippen molar-refractivity contribution in [3.63, 3.8) is 0 Å². The van der Waals surface area contributed by atoms with Crippen LogP contribution in [-0.4, -0.2) is 19.6 Å². The topological polar surface area (TPSA) is 61.7 Å². The summed E-state index contributed by atoms with van der Waals surface area (Å²) >= 11 is 0. The van der Waals surface area contributed by atoms with Gasteiger partial charge >= 0.3 is 0 Å². The predicted octanol–water partition coefficient (Wildman–Crippen LogP) is 1.45. The Morgan fingerprint density at radius 1 is 1.40 bits per heavy atom. The standard InChI is InChI=1S/C10H15N5/c1-7(2)15-6-8(11)10(13-15)9-4-5-12-14(9)3/h4-7H,11H2,1-3H3. The fourth-order valence-electron chi connectivity index (χ4n) is 1.48. The highest BCUT2D eigenvalue weighted by molar-refractivity contribution is 5.69. The Hall–Kier alpha value is -1.78. The van der Waals surface area contributed by atoms with Crippen molar-refractivity contribution in [1.29, 1.82) is 0 Å². The van der Waals surface area contributed by atoms with Crippen molar-refractivity contribution in [1.82, 2.24) is 19.6 Å². The maximum absolute atomic E-state index is 5.91. The van der Waals surface area contributed by atoms with Crippen molar-refractivity contribution in [3.8, 4) is 11.4 Å². The molecule has 0 fully saturated rings. The number of aryl methyl sites for hydroxylation is 1. The maximum Gasteiger partial charge on any atom is 0.133 e. The van der Waals surface area contributed by atoms with Crippen LogP contribution in [0.15, 0.2) is 18.5 Å². The SMILES string of the molecule is CC(C)n1cc(N)c(-c2ccnn2C)n1. The minimum Gasteiger partial charge on any atom is -0.396 e. The van der Waals surface area contributed by atoms with E-state index in [0.29, 0.717) is 11.7 Å². The molecular formula is C10H15N5. The smallest absolute Gasteiger partial charge is 0.133 e. The van der Waals surface area contributed by atoms with E-state index >= 15 is 0 Å². The van der Waals surface area contributed by atoms with Crippen LogP contribution in [0.3, 0.4) is 0 Å². The first-order chi connectivity index (χ1) is 7.09. The Morgan fingerprint density at radius 3 is 2.60 bits per heavy atom. The monoisotopic (exact) mass is 205 g/mol. The molecule has 0 atom stereocenters. The first-order valence-electron chi connectivity index (χ1n) is 4.92. The Bertz CT molecular complexity index is 466. The third-order valence-corrected chi connectivity index (χ3v) is 2.35. The molecule has 0 spiro atoms. The average Bonchev–Trinajstić information content (AvgIpc) is 2.71. The molecule has 2 heterocycles. The van der Waals surface area contributed by atoms with Crippen LogP contribution in [0, 0.1) is 0 Å². The van der Waals surface area contributed by atoms with Gasteiger partial charge < -0.3 is 5.73 Å². The van der Waals surface area contributed by atoms with Gasteiger partial charge in [-0.05, 0) is 19.9 Å². The summed E-state index contributed by atoms with van der Waals surface area (Å²) in [5.41, 5.74) is 8.33. The zero-order valence-corrected chi connectivity index (χ0v) is 9.18. The number of rotatable bonds is 2. The van der Waals surface area contributed by atoms with Crippen LogP contribution in [0.25, 0.3) is 11.4 Å². The van der Waals surface area contributed by atoms with Gasteiger partial charge in [-0.2, -0.15) is 10.2 Å². The first-order valence-corrected chi connectivity index (χ1v) is 4.92. The fourth-order valence-corrected chi connectivity index (χ4v) is 1.48. The molecule has 0 aromatic carbocycles. The Balaban J connectivity index is 2.50. The minimum absolute atomic E-state index is 0.314. The van der Waals surface area contributed by atoms with Gasteiger partial charge in [-0.1, -0.05) is 0 Å². The molecule has 0 saturated heterocycles. The highest BCUT2D eigenvalue weighted by atomic mass is 15.3. The van der Waals surface area contributed by atoms with E-state index in [9.17, 15) is 0 Å². The number of nitrogen functional groups attached to an aromatic ring is 1. The van der Waals surface area contributed by atoms with Gasteiger partial charge in [0.1, 0.15) is 5.69 Å². The van der Waals surface area contributed by atoms with E-state index in [0.717, 1.165) is 11.4 Å². The molecular weight excluding hydrogens is 190 g/mol. The number of nitrogens with zero attached hydrogens (tertiary/aromatic N) is 4. The lowest BCUT2D eigenvalue weighted by atomic mass is 10.3. The first kappa shape index (κ1) is 9.76. The molecule has 0 bridgehead atoms. The van der Waals surface area contributed by atoms with E-state index in [4.69, 9.17) is 5.73 Å². The summed E-state index contributed by atoms with van der Waals surface area (Å²) in [6, 6.07) is 2.22. The van der Waals surface area contributed by atoms with Crippen molar-refractivity contribution in [3.05, 3.63) is 18.5 Å². The predicted molar refractivity (Wildman–Crippen MR) is 59.2 cm³/mol. The summed E-state index contributed by atoms with van der Waals surface area (Å²) in [7, 11) is 1.88. The summed E-state index contributed by atoms with van der Waals surface area (Å²) in [4.78, 5) is 0. The van der Waals surface area contributed by atoms with Crippen LogP contribution < -0.4 is 5.73 Å². The Kier molecular flexibility index (Phi) is 2.22. The van der Waals surface area contributed by atoms with Gasteiger partial charge in [0.2, 0.25) is 0 Å². The molecule has 0 amide bonds. The van der Waals surface area contributed by atoms with E-state index < -0.39 is 0 Å². The van der Waals surface area contributed by atoms with Gasteiger partial charge in [-0.25, -0.2) is 0 Å². The van der Waals surface area contributed by atoms with Crippen LogP contribution in [0.1, 0.15) is 19.9 Å².